The number of nitrogens with two attached hydrogens (primary N) is 1. The normalized spacial score (nSPS) is 18.3. The number of nitrogens with zero attached hydrogens (tertiary/aromatic N) is 2. The molecule has 0 radical (unpaired) electrons. The summed E-state index contributed by atoms with van der Waals surface area (Å²) in [7, 11) is 0. The number of benzene rings is 2. The lowest BCUT2D eigenvalue weighted by molar-refractivity contribution is -0.128. The predicted octanol–water partition coefficient (Wildman–Crippen LogP) is 4.59. The molecule has 2 atom stereocenters. The lowest BCUT2D eigenvalue weighted by Gasteiger charge is -2.37. The Bertz CT molecular complexity index is 1510. The van der Waals surface area contributed by atoms with E-state index in [1.165, 1.54) is 0 Å². The molecular formula is C30H30N4O3S. The van der Waals surface area contributed by atoms with E-state index in [1.807, 2.05) is 65.5 Å². The number of carbonyl (C=O) groups is 3. The predicted molar refractivity (Wildman–Crippen MR) is 150 cm³/mol. The molecule has 3 N–H and O–H groups in total. The van der Waals surface area contributed by atoms with Crippen LogP contribution in [0.3, 0.4) is 0 Å². The van der Waals surface area contributed by atoms with E-state index in [9.17, 15) is 14.4 Å². The van der Waals surface area contributed by atoms with Crippen molar-refractivity contribution in [2.45, 2.75) is 44.7 Å². The molecule has 7 nitrogen and oxygen atoms in total. The maximum Gasteiger partial charge on any atom is 0.231 e. The first-order valence-electron chi connectivity index (χ1n) is 13.1. The fourth-order valence-electron chi connectivity index (χ4n) is 5.79. The largest absolute Gasteiger partial charge is 0.361 e. The van der Waals surface area contributed by atoms with Crippen molar-refractivity contribution in [3.05, 3.63) is 82.2 Å². The SMILES string of the molecule is N[C@H](Cc1c[nH]c2ccccc12)C(=O)CC1Cc2cccc(N3CCCC3=O)c2N(Cc2ccsc2)C1=O. The van der Waals surface area contributed by atoms with E-state index >= 15 is 0 Å². The molecule has 38 heavy (non-hydrogen) atoms. The average molecular weight is 527 g/mol. The highest BCUT2D eigenvalue weighted by atomic mass is 32.1. The Morgan fingerprint density at radius 2 is 2.00 bits per heavy atom. The Labute approximate surface area is 225 Å². The summed E-state index contributed by atoms with van der Waals surface area (Å²) in [5.74, 6) is -0.608. The molecule has 6 rings (SSSR count). The third-order valence-corrected chi connectivity index (χ3v) is 8.44. The highest BCUT2D eigenvalue weighted by Gasteiger charge is 2.38. The Hall–Kier alpha value is -3.75. The monoisotopic (exact) mass is 526 g/mol. The maximum atomic E-state index is 13.9. The van der Waals surface area contributed by atoms with E-state index in [0.717, 1.165) is 45.4 Å². The number of aromatic nitrogens is 1. The Morgan fingerprint density at radius 3 is 2.79 bits per heavy atom. The van der Waals surface area contributed by atoms with Gasteiger partial charge in [0.25, 0.3) is 0 Å². The van der Waals surface area contributed by atoms with Crippen molar-refractivity contribution >= 4 is 51.2 Å². The van der Waals surface area contributed by atoms with Gasteiger partial charge in [0.1, 0.15) is 0 Å². The molecular weight excluding hydrogens is 496 g/mol. The van der Waals surface area contributed by atoms with Gasteiger partial charge in [0.2, 0.25) is 11.8 Å². The van der Waals surface area contributed by atoms with Gasteiger partial charge in [-0.05, 0) is 64.9 Å². The van der Waals surface area contributed by atoms with Crippen molar-refractivity contribution in [1.29, 1.82) is 0 Å². The Morgan fingerprint density at radius 1 is 1.13 bits per heavy atom. The summed E-state index contributed by atoms with van der Waals surface area (Å²) < 4.78 is 0. The molecule has 2 amide bonds. The number of thiophene rings is 1. The third kappa shape index (κ3) is 4.54. The van der Waals surface area contributed by atoms with Crippen LogP contribution in [0.25, 0.3) is 10.9 Å². The first-order valence-corrected chi connectivity index (χ1v) is 14.0. The van der Waals surface area contributed by atoms with Gasteiger partial charge in [0, 0.05) is 42.4 Å². The zero-order valence-electron chi connectivity index (χ0n) is 21.1. The molecule has 2 aromatic heterocycles. The van der Waals surface area contributed by atoms with E-state index in [2.05, 4.69) is 4.98 Å². The third-order valence-electron chi connectivity index (χ3n) is 7.71. The molecule has 2 aliphatic rings. The first-order chi connectivity index (χ1) is 18.5. The van der Waals surface area contributed by atoms with Crippen molar-refractivity contribution in [3.63, 3.8) is 0 Å². The van der Waals surface area contributed by atoms with Crippen LogP contribution in [0.1, 0.15) is 36.0 Å². The number of carbonyl (C=O) groups excluding carboxylic acids is 3. The Kier molecular flexibility index (Phi) is 6.59. The highest BCUT2D eigenvalue weighted by Crippen LogP contribution is 2.42. The van der Waals surface area contributed by atoms with Gasteiger partial charge >= 0.3 is 0 Å². The van der Waals surface area contributed by atoms with Gasteiger partial charge in [-0.2, -0.15) is 11.3 Å². The molecule has 1 unspecified atom stereocenters. The Balaban J connectivity index is 1.27. The first kappa shape index (κ1) is 24.6. The number of amides is 2. The van der Waals surface area contributed by atoms with E-state index in [4.69, 9.17) is 5.73 Å². The number of H-pyrrole nitrogens is 1. The number of hydrogen-bond donors (Lipinski definition) is 2. The zero-order valence-corrected chi connectivity index (χ0v) is 21.9. The second-order valence-electron chi connectivity index (χ2n) is 10.2. The number of aromatic amines is 1. The number of para-hydroxylation sites is 2. The van der Waals surface area contributed by atoms with Crippen molar-refractivity contribution in [1.82, 2.24) is 4.98 Å². The minimum absolute atomic E-state index is 0.0851. The zero-order chi connectivity index (χ0) is 26.2. The molecule has 0 bridgehead atoms. The average Bonchev–Trinajstić information content (AvgIpc) is 3.68. The fraction of sp³-hybridized carbons (Fsp3) is 0.300. The number of fused-ring (bicyclic) bond motifs is 2. The number of nitrogens with one attached hydrogen (secondary N) is 1. The quantitative estimate of drug-likeness (QED) is 0.351. The van der Waals surface area contributed by atoms with Crippen molar-refractivity contribution < 1.29 is 14.4 Å². The van der Waals surface area contributed by atoms with Gasteiger partial charge in [-0.15, -0.1) is 0 Å². The lowest BCUT2D eigenvalue weighted by Crippen LogP contribution is -2.44. The molecule has 8 heteroatoms. The van der Waals surface area contributed by atoms with Gasteiger partial charge in [-0.1, -0.05) is 30.3 Å². The second-order valence-corrected chi connectivity index (χ2v) is 11.0. The second kappa shape index (κ2) is 10.2. The van der Waals surface area contributed by atoms with Crippen LogP contribution in [-0.4, -0.2) is 35.2 Å². The van der Waals surface area contributed by atoms with Gasteiger partial charge < -0.3 is 20.5 Å². The summed E-state index contributed by atoms with van der Waals surface area (Å²) in [6.45, 7) is 1.06. The van der Waals surface area contributed by atoms with Gasteiger partial charge in [-0.3, -0.25) is 14.4 Å². The summed E-state index contributed by atoms with van der Waals surface area (Å²) in [6, 6.07) is 15.1. The van der Waals surface area contributed by atoms with E-state index in [0.29, 0.717) is 32.4 Å². The van der Waals surface area contributed by atoms with Crippen LogP contribution < -0.4 is 15.5 Å². The topological polar surface area (TPSA) is 99.5 Å². The summed E-state index contributed by atoms with van der Waals surface area (Å²) >= 11 is 1.58. The molecule has 2 aromatic carbocycles. The van der Waals surface area contributed by atoms with Crippen LogP contribution in [-0.2, 0) is 33.8 Å². The molecule has 1 fully saturated rings. The summed E-state index contributed by atoms with van der Waals surface area (Å²) in [5.41, 5.74) is 12.0. The minimum Gasteiger partial charge on any atom is -0.361 e. The smallest absolute Gasteiger partial charge is 0.231 e. The van der Waals surface area contributed by atoms with Crippen LogP contribution in [0, 0.1) is 5.92 Å². The van der Waals surface area contributed by atoms with Crippen LogP contribution in [0.4, 0.5) is 11.4 Å². The minimum atomic E-state index is -0.692. The molecule has 2 aliphatic heterocycles. The molecule has 194 valence electrons. The molecule has 4 heterocycles. The van der Waals surface area contributed by atoms with Crippen molar-refractivity contribution in [3.8, 4) is 0 Å². The van der Waals surface area contributed by atoms with E-state index in [1.54, 1.807) is 21.1 Å². The highest BCUT2D eigenvalue weighted by molar-refractivity contribution is 7.07. The van der Waals surface area contributed by atoms with Gasteiger partial charge in [-0.25, -0.2) is 0 Å². The number of Topliss-reactive ketones (excluding diaryl/α,β-unsaturated/α-hetero) is 1. The van der Waals surface area contributed by atoms with E-state index < -0.39 is 12.0 Å². The van der Waals surface area contributed by atoms with Crippen molar-refractivity contribution in [2.24, 2.45) is 11.7 Å². The van der Waals surface area contributed by atoms with E-state index in [-0.39, 0.29) is 24.0 Å². The molecule has 0 spiro atoms. The molecule has 0 aliphatic carbocycles. The van der Waals surface area contributed by atoms with Gasteiger partial charge in [0.15, 0.2) is 5.78 Å². The number of rotatable bonds is 8. The molecule has 0 saturated carbocycles. The van der Waals surface area contributed by atoms with Crippen LogP contribution in [0.2, 0.25) is 0 Å². The lowest BCUT2D eigenvalue weighted by atomic mass is 9.85. The molecule has 4 aromatic rings. The number of anilines is 2. The number of ketones is 1. The van der Waals surface area contributed by atoms with Crippen molar-refractivity contribution in [2.75, 3.05) is 16.3 Å². The summed E-state index contributed by atoms with van der Waals surface area (Å²) in [4.78, 5) is 46.7. The number of hydrogen-bond acceptors (Lipinski definition) is 5. The molecule has 1 saturated heterocycles. The van der Waals surface area contributed by atoms with Gasteiger partial charge in [0.05, 0.1) is 24.0 Å². The van der Waals surface area contributed by atoms with Crippen LogP contribution >= 0.6 is 11.3 Å². The summed E-state index contributed by atoms with van der Waals surface area (Å²) in [6.07, 6.45) is 4.20. The standard InChI is InChI=1S/C30H30N4O3S/c31-24(14-22-16-32-25-7-2-1-6-23(22)25)27(35)15-21-13-20-5-3-8-26(33-11-4-9-28(33)36)29(20)34(30(21)37)17-19-10-12-38-18-19/h1-3,5-8,10,12,16,18,21,24,32H,4,9,11,13-15,17,31H2/t21?,24-/m1/s1. The van der Waals surface area contributed by atoms with Crippen LogP contribution in [0.15, 0.2) is 65.5 Å². The fourth-order valence-corrected chi connectivity index (χ4v) is 6.45. The van der Waals surface area contributed by atoms with Crippen LogP contribution in [0.5, 0.6) is 0 Å². The summed E-state index contributed by atoms with van der Waals surface area (Å²) in [5, 5.41) is 5.08. The maximum absolute atomic E-state index is 13.9.